The largest absolute Gasteiger partial charge is 0.508 e. The summed E-state index contributed by atoms with van der Waals surface area (Å²) in [6.45, 7) is 1.89. The highest BCUT2D eigenvalue weighted by atomic mass is 16.3. The van der Waals surface area contributed by atoms with Crippen molar-refractivity contribution in [1.29, 1.82) is 0 Å². The molecule has 6 atom stereocenters. The lowest BCUT2D eigenvalue weighted by atomic mass is 9.51. The highest BCUT2D eigenvalue weighted by Gasteiger charge is 2.67. The average molecular weight is 539 g/mol. The maximum atomic E-state index is 14.3. The lowest BCUT2D eigenvalue weighted by molar-refractivity contribution is -0.144. The van der Waals surface area contributed by atoms with Crippen LogP contribution in [0.3, 0.4) is 0 Å². The molecule has 206 valence electrons. The summed E-state index contributed by atoms with van der Waals surface area (Å²) >= 11 is 0. The zero-order chi connectivity index (χ0) is 27.8. The van der Waals surface area contributed by atoms with Crippen LogP contribution in [0, 0.1) is 29.1 Å². The fourth-order valence-electron chi connectivity index (χ4n) is 8.61. The van der Waals surface area contributed by atoms with Crippen LogP contribution in [0.5, 0.6) is 5.75 Å². The summed E-state index contributed by atoms with van der Waals surface area (Å²) in [4.78, 5) is 59.0. The van der Waals surface area contributed by atoms with Gasteiger partial charge < -0.3 is 5.11 Å². The summed E-state index contributed by atoms with van der Waals surface area (Å²) in [7, 11) is 0. The third-order valence-corrected chi connectivity index (χ3v) is 10.5. The molecule has 0 bridgehead atoms. The number of allylic oxidation sites excluding steroid dienone is 2. The molecule has 0 spiro atoms. The van der Waals surface area contributed by atoms with Crippen LogP contribution in [0.25, 0.3) is 0 Å². The van der Waals surface area contributed by atoms with E-state index in [0.717, 1.165) is 43.2 Å². The molecule has 7 nitrogen and oxygen atoms in total. The summed E-state index contributed by atoms with van der Waals surface area (Å²) in [5.74, 6) is -2.83. The minimum Gasteiger partial charge on any atom is -0.508 e. The molecule has 2 aromatic rings. The number of hydrogen-bond acceptors (Lipinski definition) is 5. The molecule has 2 heterocycles. The van der Waals surface area contributed by atoms with E-state index in [1.807, 2.05) is 37.3 Å². The number of fused-ring (bicyclic) bond motifs is 4. The number of benzene rings is 2. The van der Waals surface area contributed by atoms with E-state index in [0.29, 0.717) is 18.5 Å². The Morgan fingerprint density at radius 1 is 0.825 bits per heavy atom. The third-order valence-electron chi connectivity index (χ3n) is 10.5. The topological polar surface area (TPSA) is 95.0 Å². The number of phenols is 1. The van der Waals surface area contributed by atoms with Gasteiger partial charge in [-0.15, -0.1) is 0 Å². The maximum Gasteiger partial charge on any atom is 0.241 e. The highest BCUT2D eigenvalue weighted by molar-refractivity contribution is 6.24. The van der Waals surface area contributed by atoms with Gasteiger partial charge in [-0.2, -0.15) is 0 Å². The Morgan fingerprint density at radius 2 is 1.52 bits per heavy atom. The number of likely N-dealkylation sites (tertiary alicyclic amines) is 1. The first-order valence-corrected chi connectivity index (χ1v) is 14.6. The van der Waals surface area contributed by atoms with Crippen molar-refractivity contribution >= 4 is 29.3 Å². The molecular formula is C33H34N2O5. The number of anilines is 1. The van der Waals surface area contributed by atoms with Crippen molar-refractivity contribution in [2.45, 2.75) is 63.8 Å². The normalized spacial score (nSPS) is 34.0. The van der Waals surface area contributed by atoms with Gasteiger partial charge in [0.05, 0.1) is 28.9 Å². The number of nitrogens with zero attached hydrogens (tertiary/aromatic N) is 2. The second-order valence-corrected chi connectivity index (χ2v) is 12.4. The van der Waals surface area contributed by atoms with Crippen molar-refractivity contribution in [3.05, 3.63) is 71.8 Å². The summed E-state index contributed by atoms with van der Waals surface area (Å²) in [5.41, 5.74) is 1.29. The van der Waals surface area contributed by atoms with Gasteiger partial charge in [-0.05, 0) is 68.4 Å². The first-order chi connectivity index (χ1) is 19.3. The van der Waals surface area contributed by atoms with Crippen molar-refractivity contribution in [1.82, 2.24) is 4.90 Å². The van der Waals surface area contributed by atoms with Gasteiger partial charge in [0.15, 0.2) is 0 Å². The summed E-state index contributed by atoms with van der Waals surface area (Å²) < 4.78 is 0. The van der Waals surface area contributed by atoms with E-state index in [-0.39, 0.29) is 41.3 Å². The number of phenolic OH excluding ortho intramolecular Hbond substituents is 1. The van der Waals surface area contributed by atoms with Gasteiger partial charge >= 0.3 is 0 Å². The van der Waals surface area contributed by atoms with Gasteiger partial charge in [-0.3, -0.25) is 24.1 Å². The van der Waals surface area contributed by atoms with E-state index < -0.39 is 29.1 Å². The molecule has 0 aromatic heterocycles. The minimum absolute atomic E-state index is 0.0344. The van der Waals surface area contributed by atoms with Crippen LogP contribution >= 0.6 is 0 Å². The molecule has 2 saturated carbocycles. The average Bonchev–Trinajstić information content (AvgIpc) is 3.34. The van der Waals surface area contributed by atoms with Crippen molar-refractivity contribution < 1.29 is 24.3 Å². The molecule has 2 aromatic carbocycles. The summed E-state index contributed by atoms with van der Waals surface area (Å²) in [5, 5.41) is 10.0. The molecule has 7 rings (SSSR count). The smallest absolute Gasteiger partial charge is 0.241 e. The van der Waals surface area contributed by atoms with Crippen LogP contribution in [0.2, 0.25) is 0 Å². The van der Waals surface area contributed by atoms with Crippen molar-refractivity contribution in [3.63, 3.8) is 0 Å². The second kappa shape index (κ2) is 9.15. The van der Waals surface area contributed by atoms with Gasteiger partial charge in [-0.1, -0.05) is 61.2 Å². The van der Waals surface area contributed by atoms with Gasteiger partial charge in [0.25, 0.3) is 0 Å². The molecule has 40 heavy (non-hydrogen) atoms. The first kappa shape index (κ1) is 25.2. The van der Waals surface area contributed by atoms with Crippen LogP contribution in [-0.2, 0) is 19.2 Å². The molecule has 3 aliphatic carbocycles. The Morgan fingerprint density at radius 3 is 2.23 bits per heavy atom. The number of rotatable bonds is 3. The number of carbonyl (C=O) groups excluding carboxylic acids is 4. The number of aromatic hydroxyl groups is 1. The standard InChI is InChI=1S/C33H34N2O5/c1-33-26(30(38)35(32(33)40)21-10-6-3-7-11-21)18-25-23(28(33)19-12-14-22(36)15-13-19)16-17-24-27(25)31(39)34(29(24)37)20-8-4-2-5-9-20/h3,6-7,10-16,20,24-28,36H,2,4-5,8-9,17-18H2,1H3/t24-,25+,26-,27-,28-,33+/m0/s1. The van der Waals surface area contributed by atoms with E-state index in [4.69, 9.17) is 0 Å². The van der Waals surface area contributed by atoms with Gasteiger partial charge in [0.1, 0.15) is 5.75 Å². The fraction of sp³-hybridized carbons (Fsp3) is 0.455. The minimum atomic E-state index is -1.06. The molecule has 7 heteroatoms. The first-order valence-electron chi connectivity index (χ1n) is 14.6. The van der Waals surface area contributed by atoms with Gasteiger partial charge in [0, 0.05) is 12.0 Å². The Kier molecular flexibility index (Phi) is 5.77. The predicted octanol–water partition coefficient (Wildman–Crippen LogP) is 4.96. The highest BCUT2D eigenvalue weighted by Crippen LogP contribution is 2.63. The van der Waals surface area contributed by atoms with E-state index in [1.54, 1.807) is 29.2 Å². The second-order valence-electron chi connectivity index (χ2n) is 12.4. The molecule has 1 N–H and O–H groups in total. The number of imide groups is 2. The Hall–Kier alpha value is -3.74. The van der Waals surface area contributed by atoms with Crippen LogP contribution in [0.15, 0.2) is 66.2 Å². The van der Waals surface area contributed by atoms with Crippen molar-refractivity contribution in [2.75, 3.05) is 4.90 Å². The maximum absolute atomic E-state index is 14.3. The number of carbonyl (C=O) groups is 4. The van der Waals surface area contributed by atoms with E-state index >= 15 is 0 Å². The fourth-order valence-corrected chi connectivity index (χ4v) is 8.61. The van der Waals surface area contributed by atoms with Crippen LogP contribution in [0.1, 0.15) is 63.4 Å². The molecule has 4 amide bonds. The molecule has 0 radical (unpaired) electrons. The zero-order valence-electron chi connectivity index (χ0n) is 22.7. The van der Waals surface area contributed by atoms with E-state index in [9.17, 15) is 24.3 Å². The molecule has 4 fully saturated rings. The monoisotopic (exact) mass is 538 g/mol. The molecule has 2 saturated heterocycles. The molecular weight excluding hydrogens is 504 g/mol. The molecule has 0 unspecified atom stereocenters. The van der Waals surface area contributed by atoms with Gasteiger partial charge in [0.2, 0.25) is 23.6 Å². The Bertz CT molecular complexity index is 1430. The number of para-hydroxylation sites is 1. The van der Waals surface area contributed by atoms with Crippen LogP contribution in [0.4, 0.5) is 5.69 Å². The van der Waals surface area contributed by atoms with Crippen molar-refractivity contribution in [3.8, 4) is 5.75 Å². The summed E-state index contributed by atoms with van der Waals surface area (Å²) in [6.07, 6.45) is 7.82. The predicted molar refractivity (Wildman–Crippen MR) is 148 cm³/mol. The number of amides is 4. The lowest BCUT2D eigenvalue weighted by Crippen LogP contribution is -2.49. The molecule has 5 aliphatic rings. The Labute approximate surface area is 233 Å². The van der Waals surface area contributed by atoms with E-state index in [2.05, 4.69) is 6.08 Å². The third kappa shape index (κ3) is 3.42. The molecule has 2 aliphatic heterocycles. The van der Waals surface area contributed by atoms with Crippen molar-refractivity contribution in [2.24, 2.45) is 29.1 Å². The summed E-state index contributed by atoms with van der Waals surface area (Å²) in [6, 6.07) is 15.8. The van der Waals surface area contributed by atoms with Crippen LogP contribution < -0.4 is 4.90 Å². The zero-order valence-corrected chi connectivity index (χ0v) is 22.7. The van der Waals surface area contributed by atoms with Crippen LogP contribution in [-0.4, -0.2) is 39.7 Å². The number of hydrogen-bond donors (Lipinski definition) is 1. The quantitative estimate of drug-likeness (QED) is 0.441. The Balaban J connectivity index is 1.34. The lowest BCUT2D eigenvalue weighted by Gasteiger charge is -2.49. The van der Waals surface area contributed by atoms with E-state index in [1.165, 1.54) is 4.90 Å². The van der Waals surface area contributed by atoms with Gasteiger partial charge in [-0.25, -0.2) is 4.90 Å². The SMILES string of the molecule is C[C@@]12C(=O)N(c3ccccc3)C(=O)[C@@H]1C[C@@H]1C(=CC[C@@H]3C(=O)N(C4CCCCC4)C(=O)[C@@H]31)[C@@H]2c1ccc(O)cc1.